The number of carbonyl (C=O) groups is 2. The standard InChI is InChI=1S/C20H17BrFNO4/c21-13-8-6-12(7-9-13)18(25)16-17(14-4-1-2-5-15(14)22)23(10-3-11-24)20(27)19(16)26/h1-2,4-9,17,24-25H,3,10-11H2/t17-/m1/s1. The van der Waals surface area contributed by atoms with E-state index in [0.717, 1.165) is 4.47 Å². The van der Waals surface area contributed by atoms with E-state index < -0.39 is 23.5 Å². The Kier molecular flexibility index (Phi) is 5.72. The number of rotatable bonds is 5. The highest BCUT2D eigenvalue weighted by Crippen LogP contribution is 2.40. The fourth-order valence-electron chi connectivity index (χ4n) is 3.14. The summed E-state index contributed by atoms with van der Waals surface area (Å²) in [5.74, 6) is -2.64. The van der Waals surface area contributed by atoms with Crippen LogP contribution in [-0.2, 0) is 9.59 Å². The Morgan fingerprint density at radius 3 is 2.41 bits per heavy atom. The van der Waals surface area contributed by atoms with Gasteiger partial charge in [0.1, 0.15) is 11.6 Å². The second-order valence-electron chi connectivity index (χ2n) is 6.10. The van der Waals surface area contributed by atoms with Gasteiger partial charge < -0.3 is 15.1 Å². The summed E-state index contributed by atoms with van der Waals surface area (Å²) in [5, 5.41) is 19.9. The van der Waals surface area contributed by atoms with Crippen molar-refractivity contribution >= 4 is 33.4 Å². The van der Waals surface area contributed by atoms with Crippen LogP contribution in [0.1, 0.15) is 23.6 Å². The minimum atomic E-state index is -1.05. The summed E-state index contributed by atoms with van der Waals surface area (Å²) in [7, 11) is 0. The highest BCUT2D eigenvalue weighted by Gasteiger charge is 2.46. The van der Waals surface area contributed by atoms with Gasteiger partial charge in [0.25, 0.3) is 11.7 Å². The first-order valence-corrected chi connectivity index (χ1v) is 9.14. The number of aliphatic hydroxyl groups is 2. The van der Waals surface area contributed by atoms with Gasteiger partial charge in [-0.05, 0) is 24.6 Å². The lowest BCUT2D eigenvalue weighted by molar-refractivity contribution is -0.140. The molecule has 0 unspecified atom stereocenters. The van der Waals surface area contributed by atoms with Gasteiger partial charge in [0.15, 0.2) is 0 Å². The van der Waals surface area contributed by atoms with Gasteiger partial charge >= 0.3 is 0 Å². The molecule has 1 aliphatic rings. The van der Waals surface area contributed by atoms with Crippen LogP contribution < -0.4 is 0 Å². The van der Waals surface area contributed by atoms with Crippen molar-refractivity contribution in [2.75, 3.05) is 13.2 Å². The lowest BCUT2D eigenvalue weighted by Crippen LogP contribution is -2.31. The third-order valence-corrected chi connectivity index (χ3v) is 4.94. The van der Waals surface area contributed by atoms with Crippen molar-refractivity contribution in [1.29, 1.82) is 0 Å². The zero-order valence-electron chi connectivity index (χ0n) is 14.2. The van der Waals surface area contributed by atoms with Crippen LogP contribution in [0.25, 0.3) is 5.76 Å². The number of likely N-dealkylation sites (tertiary alicyclic amines) is 1. The molecule has 2 N–H and O–H groups in total. The summed E-state index contributed by atoms with van der Waals surface area (Å²) in [5.41, 5.74) is 0.304. The lowest BCUT2D eigenvalue weighted by atomic mass is 9.95. The number of carbonyl (C=O) groups excluding carboxylic acids is 2. The van der Waals surface area contributed by atoms with Gasteiger partial charge in [0.05, 0.1) is 11.6 Å². The number of hydrogen-bond acceptors (Lipinski definition) is 4. The smallest absolute Gasteiger partial charge is 0.295 e. The molecule has 2 aromatic carbocycles. The fraction of sp³-hybridized carbons (Fsp3) is 0.200. The molecule has 7 heteroatoms. The molecule has 1 amide bonds. The van der Waals surface area contributed by atoms with Crippen LogP contribution in [0.5, 0.6) is 0 Å². The molecule has 0 radical (unpaired) electrons. The molecule has 0 bridgehead atoms. The molecule has 0 aromatic heterocycles. The number of ketones is 1. The van der Waals surface area contributed by atoms with Crippen molar-refractivity contribution in [3.8, 4) is 0 Å². The largest absolute Gasteiger partial charge is 0.507 e. The topological polar surface area (TPSA) is 77.8 Å². The predicted molar refractivity (Wildman–Crippen MR) is 101 cm³/mol. The molecular formula is C20H17BrFNO4. The summed E-state index contributed by atoms with van der Waals surface area (Å²) in [4.78, 5) is 26.4. The normalized spacial score (nSPS) is 18.9. The first-order chi connectivity index (χ1) is 13.0. The van der Waals surface area contributed by atoms with Crippen molar-refractivity contribution in [3.05, 3.63) is 75.5 Å². The summed E-state index contributed by atoms with van der Waals surface area (Å²) in [6, 6.07) is 11.3. The van der Waals surface area contributed by atoms with Gasteiger partial charge in [-0.25, -0.2) is 4.39 Å². The molecule has 0 saturated carbocycles. The number of Topliss-reactive ketones (excluding diaryl/α,β-unsaturated/α-hetero) is 1. The second-order valence-corrected chi connectivity index (χ2v) is 7.01. The maximum Gasteiger partial charge on any atom is 0.295 e. The van der Waals surface area contributed by atoms with Crippen LogP contribution in [0, 0.1) is 5.82 Å². The third kappa shape index (κ3) is 3.65. The molecule has 3 rings (SSSR count). The van der Waals surface area contributed by atoms with Crippen LogP contribution in [0.4, 0.5) is 4.39 Å². The van der Waals surface area contributed by atoms with E-state index in [1.807, 2.05) is 0 Å². The maximum atomic E-state index is 14.5. The van der Waals surface area contributed by atoms with E-state index in [-0.39, 0.29) is 36.5 Å². The number of amides is 1. The Labute approximate surface area is 163 Å². The van der Waals surface area contributed by atoms with Gasteiger partial charge in [0, 0.05) is 28.8 Å². The van der Waals surface area contributed by atoms with E-state index in [1.54, 1.807) is 30.3 Å². The van der Waals surface area contributed by atoms with Crippen molar-refractivity contribution < 1.29 is 24.2 Å². The van der Waals surface area contributed by atoms with Crippen molar-refractivity contribution in [2.24, 2.45) is 0 Å². The van der Waals surface area contributed by atoms with E-state index in [0.29, 0.717) is 5.56 Å². The van der Waals surface area contributed by atoms with Gasteiger partial charge in [0.2, 0.25) is 0 Å². The van der Waals surface area contributed by atoms with Gasteiger partial charge in [-0.3, -0.25) is 9.59 Å². The summed E-state index contributed by atoms with van der Waals surface area (Å²) in [6.45, 7) is -0.114. The van der Waals surface area contributed by atoms with Crippen LogP contribution in [0.3, 0.4) is 0 Å². The molecule has 0 aliphatic carbocycles. The van der Waals surface area contributed by atoms with Crippen molar-refractivity contribution in [1.82, 2.24) is 4.90 Å². The van der Waals surface area contributed by atoms with E-state index in [1.165, 1.54) is 23.1 Å². The van der Waals surface area contributed by atoms with Crippen molar-refractivity contribution in [3.63, 3.8) is 0 Å². The summed E-state index contributed by atoms with van der Waals surface area (Å²) < 4.78 is 15.3. The Hall–Kier alpha value is -2.51. The maximum absolute atomic E-state index is 14.5. The molecule has 1 aliphatic heterocycles. The molecule has 1 saturated heterocycles. The predicted octanol–water partition coefficient (Wildman–Crippen LogP) is 3.39. The van der Waals surface area contributed by atoms with E-state index >= 15 is 0 Å². The molecule has 1 heterocycles. The zero-order chi connectivity index (χ0) is 19.6. The minimum Gasteiger partial charge on any atom is -0.507 e. The van der Waals surface area contributed by atoms with Gasteiger partial charge in [-0.15, -0.1) is 0 Å². The molecule has 0 spiro atoms. The lowest BCUT2D eigenvalue weighted by Gasteiger charge is -2.25. The Morgan fingerprint density at radius 2 is 1.78 bits per heavy atom. The average Bonchev–Trinajstić information content (AvgIpc) is 2.91. The first kappa shape index (κ1) is 19.3. The Balaban J connectivity index is 2.18. The van der Waals surface area contributed by atoms with E-state index in [2.05, 4.69) is 15.9 Å². The SMILES string of the molecule is O=C1C(=O)N(CCCO)[C@H](c2ccccc2F)C1=C(O)c1ccc(Br)cc1. The zero-order valence-corrected chi connectivity index (χ0v) is 15.8. The third-order valence-electron chi connectivity index (χ3n) is 4.41. The highest BCUT2D eigenvalue weighted by atomic mass is 79.9. The highest BCUT2D eigenvalue weighted by molar-refractivity contribution is 9.10. The molecular weight excluding hydrogens is 417 g/mol. The Morgan fingerprint density at radius 1 is 1.11 bits per heavy atom. The molecule has 1 fully saturated rings. The summed E-state index contributed by atoms with van der Waals surface area (Å²) >= 11 is 3.30. The quantitative estimate of drug-likeness (QED) is 0.430. The fourth-order valence-corrected chi connectivity index (χ4v) is 3.40. The van der Waals surface area contributed by atoms with E-state index in [4.69, 9.17) is 5.11 Å². The molecule has 2 aromatic rings. The molecule has 27 heavy (non-hydrogen) atoms. The monoisotopic (exact) mass is 433 g/mol. The number of hydrogen-bond donors (Lipinski definition) is 2. The van der Waals surface area contributed by atoms with Crippen LogP contribution in [0.15, 0.2) is 58.6 Å². The van der Waals surface area contributed by atoms with Crippen molar-refractivity contribution in [2.45, 2.75) is 12.5 Å². The second kappa shape index (κ2) is 8.02. The molecule has 1 atom stereocenters. The number of halogens is 2. The van der Waals surface area contributed by atoms with Crippen LogP contribution in [-0.4, -0.2) is 40.0 Å². The average molecular weight is 434 g/mol. The Bertz CT molecular complexity index is 910. The molecule has 140 valence electrons. The summed E-state index contributed by atoms with van der Waals surface area (Å²) in [6.07, 6.45) is 0.232. The van der Waals surface area contributed by atoms with Gasteiger partial charge in [-0.2, -0.15) is 0 Å². The molecule has 5 nitrogen and oxygen atoms in total. The first-order valence-electron chi connectivity index (χ1n) is 8.35. The van der Waals surface area contributed by atoms with Gasteiger partial charge in [-0.1, -0.05) is 46.3 Å². The number of benzene rings is 2. The van der Waals surface area contributed by atoms with Crippen LogP contribution >= 0.6 is 15.9 Å². The van der Waals surface area contributed by atoms with E-state index in [9.17, 15) is 19.1 Å². The number of aliphatic hydroxyl groups excluding tert-OH is 2. The minimum absolute atomic E-state index is 0.0667. The number of nitrogens with zero attached hydrogens (tertiary/aromatic N) is 1. The van der Waals surface area contributed by atoms with Crippen LogP contribution in [0.2, 0.25) is 0 Å².